The van der Waals surface area contributed by atoms with Gasteiger partial charge in [-0.3, -0.25) is 0 Å². The Morgan fingerprint density at radius 2 is 2.15 bits per heavy atom. The Labute approximate surface area is 81.6 Å². The molecule has 0 N–H and O–H groups in total. The lowest BCUT2D eigenvalue weighted by molar-refractivity contribution is -0.0233. The van der Waals surface area contributed by atoms with E-state index >= 15 is 0 Å². The molecule has 0 unspecified atom stereocenters. The summed E-state index contributed by atoms with van der Waals surface area (Å²) >= 11 is 0. The Morgan fingerprint density at radius 1 is 1.54 bits per heavy atom. The summed E-state index contributed by atoms with van der Waals surface area (Å²) in [5.74, 6) is 0. The van der Waals surface area contributed by atoms with Crippen molar-refractivity contribution in [3.05, 3.63) is 12.3 Å². The Balaban J connectivity index is 2.35. The second kappa shape index (κ2) is 3.70. The fourth-order valence-electron chi connectivity index (χ4n) is 1.50. The number of ether oxygens (including phenoxy) is 1. The van der Waals surface area contributed by atoms with Crippen molar-refractivity contribution in [2.75, 3.05) is 13.7 Å². The first kappa shape index (κ1) is 10.6. The molecule has 76 valence electrons. The van der Waals surface area contributed by atoms with Gasteiger partial charge in [0, 0.05) is 12.7 Å². The molecule has 1 atom stereocenters. The van der Waals surface area contributed by atoms with Gasteiger partial charge in [-0.1, -0.05) is 6.58 Å². The van der Waals surface area contributed by atoms with Gasteiger partial charge in [-0.2, -0.15) is 0 Å². The van der Waals surface area contributed by atoms with Gasteiger partial charge in [0.25, 0.3) is 0 Å². The number of likely N-dealkylation sites (tertiary alicyclic amines) is 1. The maximum atomic E-state index is 5.75. The van der Waals surface area contributed by atoms with E-state index in [1.807, 2.05) is 0 Å². The van der Waals surface area contributed by atoms with E-state index in [4.69, 9.17) is 4.74 Å². The van der Waals surface area contributed by atoms with Crippen molar-refractivity contribution in [3.63, 3.8) is 0 Å². The van der Waals surface area contributed by atoms with E-state index in [9.17, 15) is 0 Å². The lowest BCUT2D eigenvalue weighted by atomic mass is 10.2. The van der Waals surface area contributed by atoms with Crippen LogP contribution in [0.4, 0.5) is 0 Å². The smallest absolute Gasteiger partial charge is 0.0677 e. The molecule has 1 aliphatic heterocycles. The Kier molecular flexibility index (Phi) is 3.01. The van der Waals surface area contributed by atoms with Crippen LogP contribution in [0.25, 0.3) is 0 Å². The van der Waals surface area contributed by atoms with Crippen LogP contribution in [-0.2, 0) is 4.74 Å². The Morgan fingerprint density at radius 3 is 2.54 bits per heavy atom. The predicted molar refractivity (Wildman–Crippen MR) is 55.6 cm³/mol. The van der Waals surface area contributed by atoms with Crippen LogP contribution in [0.5, 0.6) is 0 Å². The third-order valence-electron chi connectivity index (χ3n) is 2.52. The highest BCUT2D eigenvalue weighted by molar-refractivity contribution is 5.02. The average Bonchev–Trinajstić information content (AvgIpc) is 2.29. The predicted octanol–water partition coefficient (Wildman–Crippen LogP) is 2.41. The minimum atomic E-state index is -0.0231. The first-order chi connectivity index (χ1) is 5.90. The van der Waals surface area contributed by atoms with Crippen molar-refractivity contribution in [1.82, 2.24) is 4.90 Å². The van der Waals surface area contributed by atoms with Crippen molar-refractivity contribution >= 4 is 0 Å². The quantitative estimate of drug-likeness (QED) is 0.652. The number of rotatable bonds is 2. The molecule has 1 fully saturated rings. The molecule has 1 aliphatic rings. The summed E-state index contributed by atoms with van der Waals surface area (Å²) in [4.78, 5) is 2.24. The summed E-state index contributed by atoms with van der Waals surface area (Å²) in [6, 6.07) is 0.534. The van der Waals surface area contributed by atoms with Gasteiger partial charge in [0.1, 0.15) is 0 Å². The van der Waals surface area contributed by atoms with Gasteiger partial charge in [-0.15, -0.1) is 0 Å². The lowest BCUT2D eigenvalue weighted by Crippen LogP contribution is -2.32. The van der Waals surface area contributed by atoms with Gasteiger partial charge < -0.3 is 9.64 Å². The van der Waals surface area contributed by atoms with Crippen molar-refractivity contribution in [2.24, 2.45) is 0 Å². The summed E-state index contributed by atoms with van der Waals surface area (Å²) in [5.41, 5.74) is 1.22. The highest BCUT2D eigenvalue weighted by Crippen LogP contribution is 2.24. The molecular formula is C11H21NO. The van der Waals surface area contributed by atoms with Crippen LogP contribution in [0.1, 0.15) is 33.6 Å². The first-order valence-corrected chi connectivity index (χ1v) is 4.95. The van der Waals surface area contributed by atoms with Gasteiger partial charge in [0.15, 0.2) is 0 Å². The Hall–Kier alpha value is -0.500. The van der Waals surface area contributed by atoms with Crippen LogP contribution in [0.15, 0.2) is 12.3 Å². The maximum Gasteiger partial charge on any atom is 0.0677 e. The van der Waals surface area contributed by atoms with Crippen molar-refractivity contribution in [2.45, 2.75) is 45.3 Å². The van der Waals surface area contributed by atoms with Gasteiger partial charge in [0.05, 0.1) is 18.2 Å². The molecule has 0 aliphatic carbocycles. The van der Waals surface area contributed by atoms with Crippen LogP contribution in [-0.4, -0.2) is 30.2 Å². The summed E-state index contributed by atoms with van der Waals surface area (Å²) in [5, 5.41) is 0. The zero-order valence-corrected chi connectivity index (χ0v) is 9.26. The fraction of sp³-hybridized carbons (Fsp3) is 0.818. The van der Waals surface area contributed by atoms with Crippen molar-refractivity contribution < 1.29 is 4.74 Å². The van der Waals surface area contributed by atoms with Crippen LogP contribution in [0.2, 0.25) is 0 Å². The van der Waals surface area contributed by atoms with Crippen LogP contribution in [0.3, 0.4) is 0 Å². The van der Waals surface area contributed by atoms with E-state index < -0.39 is 0 Å². The van der Waals surface area contributed by atoms with E-state index in [0.717, 1.165) is 13.0 Å². The second-order valence-corrected chi connectivity index (χ2v) is 4.79. The van der Waals surface area contributed by atoms with E-state index in [0.29, 0.717) is 6.04 Å². The average molecular weight is 183 g/mol. The minimum absolute atomic E-state index is 0.0231. The van der Waals surface area contributed by atoms with Crippen molar-refractivity contribution in [3.8, 4) is 0 Å². The van der Waals surface area contributed by atoms with E-state index in [1.54, 1.807) is 0 Å². The molecule has 0 aromatic heterocycles. The monoisotopic (exact) mass is 183 g/mol. The molecule has 0 saturated carbocycles. The molecule has 13 heavy (non-hydrogen) atoms. The van der Waals surface area contributed by atoms with Gasteiger partial charge in [-0.25, -0.2) is 0 Å². The zero-order valence-electron chi connectivity index (χ0n) is 9.26. The van der Waals surface area contributed by atoms with Gasteiger partial charge in [-0.05, 0) is 33.6 Å². The maximum absolute atomic E-state index is 5.75. The summed E-state index contributed by atoms with van der Waals surface area (Å²) in [6.07, 6.45) is 2.31. The molecule has 0 spiro atoms. The van der Waals surface area contributed by atoms with E-state index in [-0.39, 0.29) is 5.60 Å². The third-order valence-corrected chi connectivity index (χ3v) is 2.52. The lowest BCUT2D eigenvalue weighted by Gasteiger charge is -2.27. The van der Waals surface area contributed by atoms with Gasteiger partial charge >= 0.3 is 0 Å². The van der Waals surface area contributed by atoms with Crippen LogP contribution in [0, 0.1) is 0 Å². The normalized spacial score (nSPS) is 24.2. The molecule has 0 aromatic carbocycles. The molecule has 2 heteroatoms. The molecule has 0 bridgehead atoms. The van der Waals surface area contributed by atoms with Crippen molar-refractivity contribution in [1.29, 1.82) is 0 Å². The number of nitrogens with zero attached hydrogens (tertiary/aromatic N) is 1. The van der Waals surface area contributed by atoms with Gasteiger partial charge in [0.2, 0.25) is 0 Å². The summed E-state index contributed by atoms with van der Waals surface area (Å²) in [6.45, 7) is 11.1. The molecule has 0 aromatic rings. The highest BCUT2D eigenvalue weighted by Gasteiger charge is 2.25. The second-order valence-electron chi connectivity index (χ2n) is 4.79. The molecule has 1 rings (SSSR count). The molecule has 1 heterocycles. The number of allylic oxidation sites excluding steroid dienone is 1. The van der Waals surface area contributed by atoms with E-state index in [2.05, 4.69) is 39.3 Å². The van der Waals surface area contributed by atoms with Crippen LogP contribution < -0.4 is 0 Å². The summed E-state index contributed by atoms with van der Waals surface area (Å²) in [7, 11) is 2.10. The standard InChI is InChI=1S/C11H21NO/c1-9-6-7-10(12(9)5)8-13-11(2,3)4/h10H,1,6-8H2,2-5H3/t10-/m0/s1. The number of hydrogen-bond donors (Lipinski definition) is 0. The third kappa shape index (κ3) is 3.03. The highest BCUT2D eigenvalue weighted by atomic mass is 16.5. The first-order valence-electron chi connectivity index (χ1n) is 4.95. The SMILES string of the molecule is C=C1CC[C@@H](COC(C)(C)C)N1C. The number of hydrogen-bond acceptors (Lipinski definition) is 2. The Bertz CT molecular complexity index is 193. The largest absolute Gasteiger partial charge is 0.374 e. The zero-order chi connectivity index (χ0) is 10.1. The molecular weight excluding hydrogens is 162 g/mol. The summed E-state index contributed by atoms with van der Waals surface area (Å²) < 4.78 is 5.75. The van der Waals surface area contributed by atoms with Crippen LogP contribution >= 0.6 is 0 Å². The molecule has 0 amide bonds. The molecule has 2 nitrogen and oxygen atoms in total. The minimum Gasteiger partial charge on any atom is -0.374 e. The van der Waals surface area contributed by atoms with E-state index in [1.165, 1.54) is 12.1 Å². The molecule has 0 radical (unpaired) electrons. The fourth-order valence-corrected chi connectivity index (χ4v) is 1.50. The topological polar surface area (TPSA) is 12.5 Å². The number of likely N-dealkylation sites (N-methyl/N-ethyl adjacent to an activating group) is 1. The molecule has 1 saturated heterocycles.